The fraction of sp³-hybridized carbons (Fsp3) is 0.500. The number of aliphatic hydroxyl groups is 1. The normalized spacial score (nSPS) is 30.8. The fourth-order valence-corrected chi connectivity index (χ4v) is 2.44. The van der Waals surface area contributed by atoms with Crippen LogP contribution in [0.3, 0.4) is 0 Å². The van der Waals surface area contributed by atoms with Crippen LogP contribution in [0.2, 0.25) is 0 Å². The van der Waals surface area contributed by atoms with Gasteiger partial charge in [0.05, 0.1) is 11.2 Å². The molecule has 15 heavy (non-hydrogen) atoms. The number of rotatable bonds is 1. The maximum atomic E-state index is 13.5. The van der Waals surface area contributed by atoms with Crippen molar-refractivity contribution in [1.82, 2.24) is 0 Å². The van der Waals surface area contributed by atoms with Crippen LogP contribution in [-0.4, -0.2) is 5.11 Å². The van der Waals surface area contributed by atoms with Crippen LogP contribution in [0.4, 0.5) is 8.78 Å². The summed E-state index contributed by atoms with van der Waals surface area (Å²) in [6.45, 7) is 1.98. The highest BCUT2D eigenvalue weighted by atomic mass is 19.1. The third-order valence-electron chi connectivity index (χ3n) is 3.16. The number of hydrogen-bond acceptors (Lipinski definition) is 1. The van der Waals surface area contributed by atoms with Crippen LogP contribution in [0.1, 0.15) is 31.7 Å². The van der Waals surface area contributed by atoms with Crippen molar-refractivity contribution >= 4 is 0 Å². The first-order chi connectivity index (χ1) is 7.03. The zero-order valence-corrected chi connectivity index (χ0v) is 8.63. The Morgan fingerprint density at radius 3 is 2.40 bits per heavy atom. The van der Waals surface area contributed by atoms with Crippen LogP contribution in [0.5, 0.6) is 0 Å². The highest BCUT2D eigenvalue weighted by molar-refractivity contribution is 5.27. The Balaban J connectivity index is 2.45. The molecule has 2 unspecified atom stereocenters. The van der Waals surface area contributed by atoms with Gasteiger partial charge in [0.2, 0.25) is 0 Å². The molecular formula is C12H14F2O. The molecular weight excluding hydrogens is 198 g/mol. The average molecular weight is 212 g/mol. The lowest BCUT2D eigenvalue weighted by Crippen LogP contribution is -2.25. The van der Waals surface area contributed by atoms with E-state index < -0.39 is 17.2 Å². The van der Waals surface area contributed by atoms with Crippen molar-refractivity contribution in [2.75, 3.05) is 0 Å². The Morgan fingerprint density at radius 1 is 1.33 bits per heavy atom. The number of benzene rings is 1. The summed E-state index contributed by atoms with van der Waals surface area (Å²) in [5.74, 6) is -0.979. The molecule has 2 atom stereocenters. The predicted octanol–water partition coefficient (Wildman–Crippen LogP) is 2.97. The lowest BCUT2D eigenvalue weighted by Gasteiger charge is -2.24. The molecule has 3 heteroatoms. The monoisotopic (exact) mass is 212 g/mol. The Kier molecular flexibility index (Phi) is 2.51. The Hall–Kier alpha value is -0.960. The Labute approximate surface area is 87.7 Å². The summed E-state index contributed by atoms with van der Waals surface area (Å²) in [5.41, 5.74) is -1.47. The van der Waals surface area contributed by atoms with Gasteiger partial charge in [-0.2, -0.15) is 0 Å². The fourth-order valence-electron chi connectivity index (χ4n) is 2.44. The largest absolute Gasteiger partial charge is 0.385 e. The van der Waals surface area contributed by atoms with Crippen molar-refractivity contribution in [3.63, 3.8) is 0 Å². The predicted molar refractivity (Wildman–Crippen MR) is 53.3 cm³/mol. The van der Waals surface area contributed by atoms with E-state index in [4.69, 9.17) is 0 Å². The highest BCUT2D eigenvalue weighted by Gasteiger charge is 2.40. The first kappa shape index (κ1) is 10.6. The highest BCUT2D eigenvalue weighted by Crippen LogP contribution is 2.43. The molecule has 0 spiro atoms. The molecule has 1 saturated carbocycles. The molecule has 0 radical (unpaired) electrons. The second-order valence-corrected chi connectivity index (χ2v) is 4.48. The second-order valence-electron chi connectivity index (χ2n) is 4.48. The standard InChI is InChI=1S/C12H14F2O/c1-8-5-6-12(15,7-8)11-9(13)3-2-4-10(11)14/h2-4,8,15H,5-7H2,1H3. The van der Waals surface area contributed by atoms with E-state index in [1.165, 1.54) is 18.2 Å². The summed E-state index contributed by atoms with van der Waals surface area (Å²) in [6, 6.07) is 3.70. The minimum Gasteiger partial charge on any atom is -0.385 e. The molecule has 0 bridgehead atoms. The van der Waals surface area contributed by atoms with E-state index in [1.54, 1.807) is 0 Å². The quantitative estimate of drug-likeness (QED) is 0.758. The van der Waals surface area contributed by atoms with Crippen LogP contribution in [0.15, 0.2) is 18.2 Å². The van der Waals surface area contributed by atoms with Gasteiger partial charge in [0.15, 0.2) is 0 Å². The van der Waals surface area contributed by atoms with Gasteiger partial charge in [0, 0.05) is 0 Å². The van der Waals surface area contributed by atoms with Gasteiger partial charge in [-0.3, -0.25) is 0 Å². The van der Waals surface area contributed by atoms with Crippen LogP contribution in [-0.2, 0) is 5.60 Å². The van der Waals surface area contributed by atoms with Crippen LogP contribution >= 0.6 is 0 Å². The van der Waals surface area contributed by atoms with E-state index in [9.17, 15) is 13.9 Å². The van der Waals surface area contributed by atoms with Crippen LogP contribution in [0, 0.1) is 17.6 Å². The molecule has 1 aliphatic rings. The third-order valence-corrected chi connectivity index (χ3v) is 3.16. The molecule has 0 saturated heterocycles. The van der Waals surface area contributed by atoms with Crippen molar-refractivity contribution in [3.8, 4) is 0 Å². The van der Waals surface area contributed by atoms with Gasteiger partial charge in [-0.25, -0.2) is 8.78 Å². The van der Waals surface area contributed by atoms with E-state index in [0.717, 1.165) is 6.42 Å². The van der Waals surface area contributed by atoms with E-state index in [1.807, 2.05) is 6.92 Å². The Morgan fingerprint density at radius 2 is 1.93 bits per heavy atom. The smallest absolute Gasteiger partial charge is 0.132 e. The summed E-state index contributed by atoms with van der Waals surface area (Å²) >= 11 is 0. The average Bonchev–Trinajstić information content (AvgIpc) is 2.46. The first-order valence-electron chi connectivity index (χ1n) is 5.20. The number of halogens is 2. The topological polar surface area (TPSA) is 20.2 Å². The molecule has 0 heterocycles. The molecule has 1 aromatic carbocycles. The molecule has 1 aromatic rings. The van der Waals surface area contributed by atoms with Crippen molar-refractivity contribution in [3.05, 3.63) is 35.4 Å². The van der Waals surface area contributed by atoms with E-state index in [2.05, 4.69) is 0 Å². The van der Waals surface area contributed by atoms with E-state index >= 15 is 0 Å². The van der Waals surface area contributed by atoms with Crippen molar-refractivity contribution in [1.29, 1.82) is 0 Å². The van der Waals surface area contributed by atoms with E-state index in [-0.39, 0.29) is 5.56 Å². The van der Waals surface area contributed by atoms with Gasteiger partial charge < -0.3 is 5.11 Å². The number of hydrogen-bond donors (Lipinski definition) is 1. The summed E-state index contributed by atoms with van der Waals surface area (Å²) in [6.07, 6.45) is 1.68. The Bertz CT molecular complexity index is 358. The maximum absolute atomic E-state index is 13.5. The van der Waals surface area contributed by atoms with Crippen LogP contribution < -0.4 is 0 Å². The van der Waals surface area contributed by atoms with E-state index in [0.29, 0.717) is 18.8 Å². The molecule has 0 aliphatic heterocycles. The van der Waals surface area contributed by atoms with Gasteiger partial charge in [-0.15, -0.1) is 0 Å². The lowest BCUT2D eigenvalue weighted by atomic mass is 9.90. The van der Waals surface area contributed by atoms with Crippen molar-refractivity contribution in [2.24, 2.45) is 5.92 Å². The SMILES string of the molecule is CC1CCC(O)(c2c(F)cccc2F)C1. The summed E-state index contributed by atoms with van der Waals surface area (Å²) < 4.78 is 26.9. The lowest BCUT2D eigenvalue weighted by molar-refractivity contribution is 0.0333. The summed E-state index contributed by atoms with van der Waals surface area (Å²) in [4.78, 5) is 0. The van der Waals surface area contributed by atoms with Gasteiger partial charge in [0.25, 0.3) is 0 Å². The summed E-state index contributed by atoms with van der Waals surface area (Å²) in [7, 11) is 0. The van der Waals surface area contributed by atoms with Gasteiger partial charge in [-0.1, -0.05) is 13.0 Å². The molecule has 1 aliphatic carbocycles. The van der Waals surface area contributed by atoms with Gasteiger partial charge >= 0.3 is 0 Å². The van der Waals surface area contributed by atoms with Gasteiger partial charge in [-0.05, 0) is 37.3 Å². The molecule has 1 N–H and O–H groups in total. The minimum absolute atomic E-state index is 0.158. The molecule has 2 rings (SSSR count). The molecule has 0 amide bonds. The summed E-state index contributed by atoms with van der Waals surface area (Å²) in [5, 5.41) is 10.2. The van der Waals surface area contributed by atoms with Crippen molar-refractivity contribution in [2.45, 2.75) is 31.8 Å². The van der Waals surface area contributed by atoms with Crippen molar-refractivity contribution < 1.29 is 13.9 Å². The molecule has 82 valence electrons. The minimum atomic E-state index is -1.31. The molecule has 1 nitrogen and oxygen atoms in total. The van der Waals surface area contributed by atoms with Crippen LogP contribution in [0.25, 0.3) is 0 Å². The third kappa shape index (κ3) is 1.76. The zero-order valence-electron chi connectivity index (χ0n) is 8.63. The molecule has 1 fully saturated rings. The maximum Gasteiger partial charge on any atom is 0.132 e. The zero-order chi connectivity index (χ0) is 11.1. The van der Waals surface area contributed by atoms with Gasteiger partial charge in [0.1, 0.15) is 11.6 Å². The first-order valence-corrected chi connectivity index (χ1v) is 5.20. The second kappa shape index (κ2) is 3.56. The molecule has 0 aromatic heterocycles.